The van der Waals surface area contributed by atoms with E-state index in [9.17, 15) is 0 Å². The molecule has 0 aliphatic heterocycles. The van der Waals surface area contributed by atoms with Gasteiger partial charge in [-0.25, -0.2) is 9.97 Å². The number of nitrogens with zero attached hydrogens (tertiary/aromatic N) is 3. The van der Waals surface area contributed by atoms with E-state index in [-0.39, 0.29) is 0 Å². The molecule has 2 aromatic rings. The number of hydrogen-bond acceptors (Lipinski definition) is 4. The van der Waals surface area contributed by atoms with Crippen LogP contribution >= 0.6 is 0 Å². The van der Waals surface area contributed by atoms with E-state index in [1.165, 1.54) is 0 Å². The van der Waals surface area contributed by atoms with Crippen molar-refractivity contribution in [3.8, 4) is 0 Å². The molecule has 0 amide bonds. The second-order valence-electron chi connectivity index (χ2n) is 4.07. The molecule has 0 unspecified atom stereocenters. The first-order valence-corrected chi connectivity index (χ1v) is 5.59. The summed E-state index contributed by atoms with van der Waals surface area (Å²) in [6.07, 6.45) is 6.29. The van der Waals surface area contributed by atoms with E-state index in [0.717, 1.165) is 30.2 Å². The standard InChI is InChI=1S/C12H17N5/c1-9-7-10(13)8-16-12(9)15-4-3-11-14-5-6-17(11)2/h5-8H,3-4,13H2,1-2H3,(H,15,16). The SMILES string of the molecule is Cc1cc(N)cnc1NCCc1nccn1C. The highest BCUT2D eigenvalue weighted by Gasteiger charge is 2.02. The molecule has 17 heavy (non-hydrogen) atoms. The average molecular weight is 231 g/mol. The summed E-state index contributed by atoms with van der Waals surface area (Å²) < 4.78 is 2.02. The van der Waals surface area contributed by atoms with Crippen molar-refractivity contribution in [2.75, 3.05) is 17.6 Å². The topological polar surface area (TPSA) is 68.8 Å². The molecule has 0 fully saturated rings. The smallest absolute Gasteiger partial charge is 0.129 e. The molecule has 0 aromatic carbocycles. The van der Waals surface area contributed by atoms with Crippen molar-refractivity contribution in [3.05, 3.63) is 36.0 Å². The molecule has 5 nitrogen and oxygen atoms in total. The van der Waals surface area contributed by atoms with E-state index in [1.54, 1.807) is 6.20 Å². The average Bonchev–Trinajstić information content (AvgIpc) is 2.68. The Bertz CT molecular complexity index is 503. The summed E-state index contributed by atoms with van der Waals surface area (Å²) in [5.74, 6) is 1.94. The Morgan fingerprint density at radius 3 is 2.88 bits per heavy atom. The molecule has 3 N–H and O–H groups in total. The molecule has 0 aliphatic carbocycles. The Kier molecular flexibility index (Phi) is 3.27. The van der Waals surface area contributed by atoms with Crippen LogP contribution in [-0.2, 0) is 13.5 Å². The molecule has 2 aromatic heterocycles. The Balaban J connectivity index is 1.92. The second-order valence-corrected chi connectivity index (χ2v) is 4.07. The predicted molar refractivity (Wildman–Crippen MR) is 68.8 cm³/mol. The zero-order valence-corrected chi connectivity index (χ0v) is 10.1. The van der Waals surface area contributed by atoms with Crippen LogP contribution in [-0.4, -0.2) is 21.1 Å². The highest BCUT2D eigenvalue weighted by atomic mass is 15.0. The van der Waals surface area contributed by atoms with Crippen molar-refractivity contribution in [1.29, 1.82) is 0 Å². The maximum atomic E-state index is 5.65. The van der Waals surface area contributed by atoms with Crippen LogP contribution < -0.4 is 11.1 Å². The van der Waals surface area contributed by atoms with Gasteiger partial charge in [0.05, 0.1) is 11.9 Å². The van der Waals surface area contributed by atoms with Crippen molar-refractivity contribution in [1.82, 2.24) is 14.5 Å². The summed E-state index contributed by atoms with van der Waals surface area (Å²) in [6.45, 7) is 2.80. The second kappa shape index (κ2) is 4.86. The first-order valence-electron chi connectivity index (χ1n) is 5.59. The third-order valence-corrected chi connectivity index (χ3v) is 2.66. The number of imidazole rings is 1. The summed E-state index contributed by atoms with van der Waals surface area (Å²) in [4.78, 5) is 8.52. The summed E-state index contributed by atoms with van der Waals surface area (Å²) in [5, 5.41) is 3.29. The molecule has 0 spiro atoms. The first kappa shape index (κ1) is 11.4. The maximum Gasteiger partial charge on any atom is 0.129 e. The number of anilines is 2. The Morgan fingerprint density at radius 1 is 1.41 bits per heavy atom. The van der Waals surface area contributed by atoms with Gasteiger partial charge in [-0.2, -0.15) is 0 Å². The van der Waals surface area contributed by atoms with Crippen LogP contribution in [0.4, 0.5) is 11.5 Å². The van der Waals surface area contributed by atoms with Gasteiger partial charge >= 0.3 is 0 Å². The minimum Gasteiger partial charge on any atom is -0.397 e. The number of nitrogen functional groups attached to an aromatic ring is 1. The minimum atomic E-state index is 0.692. The number of nitrogens with one attached hydrogen (secondary N) is 1. The zero-order valence-electron chi connectivity index (χ0n) is 10.1. The lowest BCUT2D eigenvalue weighted by Crippen LogP contribution is -2.10. The molecule has 0 saturated carbocycles. The van der Waals surface area contributed by atoms with Crippen molar-refractivity contribution < 1.29 is 0 Å². The molecule has 0 aliphatic rings. The number of hydrogen-bond donors (Lipinski definition) is 2. The summed E-state index contributed by atoms with van der Waals surface area (Å²) in [6, 6.07) is 1.91. The van der Waals surface area contributed by atoms with Gasteiger partial charge in [0, 0.05) is 32.4 Å². The Labute approximate surface area is 101 Å². The van der Waals surface area contributed by atoms with Gasteiger partial charge in [0.1, 0.15) is 11.6 Å². The molecule has 5 heteroatoms. The van der Waals surface area contributed by atoms with E-state index in [2.05, 4.69) is 15.3 Å². The molecule has 0 bridgehead atoms. The summed E-state index contributed by atoms with van der Waals surface area (Å²) in [5.41, 5.74) is 7.40. The van der Waals surface area contributed by atoms with Gasteiger partial charge in [0.25, 0.3) is 0 Å². The fraction of sp³-hybridized carbons (Fsp3) is 0.333. The van der Waals surface area contributed by atoms with Gasteiger partial charge < -0.3 is 15.6 Å². The van der Waals surface area contributed by atoms with Crippen molar-refractivity contribution in [3.63, 3.8) is 0 Å². The van der Waals surface area contributed by atoms with Gasteiger partial charge in [-0.05, 0) is 18.6 Å². The van der Waals surface area contributed by atoms with Gasteiger partial charge in [0.15, 0.2) is 0 Å². The van der Waals surface area contributed by atoms with Crippen LogP contribution in [0.2, 0.25) is 0 Å². The monoisotopic (exact) mass is 231 g/mol. The van der Waals surface area contributed by atoms with Gasteiger partial charge in [0.2, 0.25) is 0 Å². The summed E-state index contributed by atoms with van der Waals surface area (Å²) in [7, 11) is 2.00. The van der Waals surface area contributed by atoms with E-state index in [4.69, 9.17) is 5.73 Å². The molecule has 0 radical (unpaired) electrons. The minimum absolute atomic E-state index is 0.692. The molecule has 0 atom stereocenters. The Hall–Kier alpha value is -2.04. The van der Waals surface area contributed by atoms with Crippen LogP contribution in [0.1, 0.15) is 11.4 Å². The molecule has 2 heterocycles. The highest BCUT2D eigenvalue weighted by Crippen LogP contribution is 2.13. The van der Waals surface area contributed by atoms with Crippen molar-refractivity contribution in [2.45, 2.75) is 13.3 Å². The molecular weight excluding hydrogens is 214 g/mol. The fourth-order valence-electron chi connectivity index (χ4n) is 1.71. The molecule has 2 rings (SSSR count). The summed E-state index contributed by atoms with van der Waals surface area (Å²) >= 11 is 0. The van der Waals surface area contributed by atoms with Crippen LogP contribution in [0.5, 0.6) is 0 Å². The van der Waals surface area contributed by atoms with Crippen molar-refractivity contribution >= 4 is 11.5 Å². The molecular formula is C12H17N5. The highest BCUT2D eigenvalue weighted by molar-refractivity contribution is 5.50. The normalized spacial score (nSPS) is 10.5. The van der Waals surface area contributed by atoms with Crippen LogP contribution in [0, 0.1) is 6.92 Å². The fourth-order valence-corrected chi connectivity index (χ4v) is 1.71. The number of aryl methyl sites for hydroxylation is 2. The molecule has 90 valence electrons. The van der Waals surface area contributed by atoms with E-state index in [0.29, 0.717) is 5.69 Å². The third-order valence-electron chi connectivity index (χ3n) is 2.66. The first-order chi connectivity index (χ1) is 8.16. The van der Waals surface area contributed by atoms with Crippen molar-refractivity contribution in [2.24, 2.45) is 7.05 Å². The van der Waals surface area contributed by atoms with Crippen LogP contribution in [0.15, 0.2) is 24.7 Å². The largest absolute Gasteiger partial charge is 0.397 e. The van der Waals surface area contributed by atoms with E-state index < -0.39 is 0 Å². The van der Waals surface area contributed by atoms with Gasteiger partial charge in [-0.3, -0.25) is 0 Å². The lowest BCUT2D eigenvalue weighted by molar-refractivity contribution is 0.788. The zero-order chi connectivity index (χ0) is 12.3. The lowest BCUT2D eigenvalue weighted by Gasteiger charge is -2.08. The Morgan fingerprint density at radius 2 is 2.24 bits per heavy atom. The predicted octanol–water partition coefficient (Wildman–Crippen LogP) is 1.36. The number of nitrogens with two attached hydrogens (primary N) is 1. The van der Waals surface area contributed by atoms with E-state index >= 15 is 0 Å². The van der Waals surface area contributed by atoms with Crippen LogP contribution in [0.25, 0.3) is 0 Å². The van der Waals surface area contributed by atoms with E-state index in [1.807, 2.05) is 37.0 Å². The number of pyridine rings is 1. The van der Waals surface area contributed by atoms with Gasteiger partial charge in [-0.15, -0.1) is 0 Å². The number of rotatable bonds is 4. The lowest BCUT2D eigenvalue weighted by atomic mass is 10.2. The maximum absolute atomic E-state index is 5.65. The molecule has 0 saturated heterocycles. The third kappa shape index (κ3) is 2.75. The quantitative estimate of drug-likeness (QED) is 0.833. The van der Waals surface area contributed by atoms with Gasteiger partial charge in [-0.1, -0.05) is 0 Å². The van der Waals surface area contributed by atoms with Crippen LogP contribution in [0.3, 0.4) is 0 Å². The number of aromatic nitrogens is 3.